The molecule has 1 fully saturated rings. The van der Waals surface area contributed by atoms with Crippen LogP contribution in [0.25, 0.3) is 0 Å². The summed E-state index contributed by atoms with van der Waals surface area (Å²) in [5, 5.41) is 5.47. The second kappa shape index (κ2) is 10.7. The van der Waals surface area contributed by atoms with E-state index in [1.165, 1.54) is 19.3 Å². The van der Waals surface area contributed by atoms with E-state index in [9.17, 15) is 21.6 Å². The highest BCUT2D eigenvalue weighted by atomic mass is 32.2. The molecule has 3 heterocycles. The molecule has 15 heteroatoms. The minimum Gasteiger partial charge on any atom is -0.364 e. The molecular weight excluding hydrogens is 527 g/mol. The number of halogens is 3. The molecule has 4 rings (SSSR count). The summed E-state index contributed by atoms with van der Waals surface area (Å²) in [6.45, 7) is 5.21. The fraction of sp³-hybridized carbons (Fsp3) is 0.391. The molecule has 0 saturated carbocycles. The van der Waals surface area contributed by atoms with E-state index in [0.717, 1.165) is 5.56 Å². The number of nitrogens with zero attached hydrogens (tertiary/aromatic N) is 4. The number of nitrogens with one attached hydrogen (secondary N) is 3. The van der Waals surface area contributed by atoms with E-state index in [0.29, 0.717) is 18.5 Å². The van der Waals surface area contributed by atoms with E-state index in [4.69, 9.17) is 9.47 Å². The molecule has 1 unspecified atom stereocenters. The zero-order valence-corrected chi connectivity index (χ0v) is 21.5. The van der Waals surface area contributed by atoms with E-state index in [2.05, 4.69) is 35.3 Å². The molecule has 11 nitrogen and oxygen atoms in total. The van der Waals surface area contributed by atoms with Gasteiger partial charge in [0.2, 0.25) is 16.0 Å². The molecule has 3 N–H and O–H groups in total. The van der Waals surface area contributed by atoms with Gasteiger partial charge in [-0.15, -0.1) is 0 Å². The Morgan fingerprint density at radius 3 is 2.42 bits per heavy atom. The Hall–Kier alpha value is -3.56. The molecule has 1 aliphatic rings. The maximum absolute atomic E-state index is 13.6. The van der Waals surface area contributed by atoms with Gasteiger partial charge in [0.15, 0.2) is 11.6 Å². The third kappa shape index (κ3) is 6.85. The van der Waals surface area contributed by atoms with Crippen LogP contribution in [-0.4, -0.2) is 46.5 Å². The molecule has 0 bridgehead atoms. The minimum absolute atomic E-state index is 0.0825. The average Bonchev–Trinajstić information content (AvgIpc) is 3.22. The third-order valence-electron chi connectivity index (χ3n) is 5.47. The molecule has 3 aromatic rings. The average molecular weight is 554 g/mol. The van der Waals surface area contributed by atoms with Gasteiger partial charge < -0.3 is 20.1 Å². The first-order valence-electron chi connectivity index (χ1n) is 11.5. The van der Waals surface area contributed by atoms with Crippen molar-refractivity contribution < 1.29 is 31.1 Å². The first-order valence-corrected chi connectivity index (χ1v) is 13.2. The molecule has 1 atom stereocenters. The number of ether oxygens (including phenoxy) is 2. The Morgan fingerprint density at radius 1 is 1.08 bits per heavy atom. The second-order valence-electron chi connectivity index (χ2n) is 8.73. The number of anilines is 4. The summed E-state index contributed by atoms with van der Waals surface area (Å²) in [7, 11) is -3.68. The van der Waals surface area contributed by atoms with Gasteiger partial charge in [-0.05, 0) is 38.5 Å². The van der Waals surface area contributed by atoms with Crippen LogP contribution in [0.15, 0.2) is 42.9 Å². The molecular formula is C23H26F3N7O4S. The lowest BCUT2D eigenvalue weighted by Gasteiger charge is -2.17. The van der Waals surface area contributed by atoms with Crippen molar-refractivity contribution in [2.75, 3.05) is 27.7 Å². The SMILES string of the molecule is CCS(=O)(=O)Nc1nccnc1CNc1nc(Nc2ccc(C3COC(C)(C)O3)cc2)ncc1C(F)(F)F. The molecule has 1 aromatic carbocycles. The standard InChI is InChI=1S/C23H26F3N7O4S/c1-4-38(34,35)33-20-17(27-9-10-28-20)12-29-19-16(23(24,25)26)11-30-21(32-19)31-15-7-5-14(6-8-15)18-13-36-22(2,3)37-18/h5-11,18H,4,12-13H2,1-3H3,(H,28,33)(H2,29,30,31,32). The lowest BCUT2D eigenvalue weighted by atomic mass is 10.1. The number of sulfonamides is 1. The van der Waals surface area contributed by atoms with E-state index in [1.54, 1.807) is 12.1 Å². The Kier molecular flexibility index (Phi) is 7.71. The van der Waals surface area contributed by atoms with Crippen molar-refractivity contribution in [3.8, 4) is 0 Å². The summed E-state index contributed by atoms with van der Waals surface area (Å²) >= 11 is 0. The second-order valence-corrected chi connectivity index (χ2v) is 10.7. The normalized spacial score (nSPS) is 17.3. The van der Waals surface area contributed by atoms with Crippen molar-refractivity contribution in [3.63, 3.8) is 0 Å². The number of aromatic nitrogens is 4. The Labute approximate surface area is 217 Å². The quantitative estimate of drug-likeness (QED) is 0.353. The third-order valence-corrected chi connectivity index (χ3v) is 6.74. The molecule has 0 radical (unpaired) electrons. The summed E-state index contributed by atoms with van der Waals surface area (Å²) < 4.78 is 78.5. The zero-order valence-electron chi connectivity index (χ0n) is 20.7. The van der Waals surface area contributed by atoms with Gasteiger partial charge in [-0.1, -0.05) is 12.1 Å². The van der Waals surface area contributed by atoms with Crippen molar-refractivity contribution in [1.29, 1.82) is 0 Å². The van der Waals surface area contributed by atoms with E-state index in [1.807, 2.05) is 26.0 Å². The van der Waals surface area contributed by atoms with Gasteiger partial charge in [0, 0.05) is 24.3 Å². The topological polar surface area (TPSA) is 140 Å². The van der Waals surface area contributed by atoms with Crippen LogP contribution in [0, 0.1) is 0 Å². The fourth-order valence-electron chi connectivity index (χ4n) is 3.51. The molecule has 2 aromatic heterocycles. The van der Waals surface area contributed by atoms with Crippen molar-refractivity contribution in [1.82, 2.24) is 19.9 Å². The van der Waals surface area contributed by atoms with Crippen LogP contribution >= 0.6 is 0 Å². The van der Waals surface area contributed by atoms with Gasteiger partial charge in [-0.3, -0.25) is 9.71 Å². The summed E-state index contributed by atoms with van der Waals surface area (Å²) in [6, 6.07) is 7.08. The summed E-state index contributed by atoms with van der Waals surface area (Å²) in [5.74, 6) is -1.58. The van der Waals surface area contributed by atoms with Crippen LogP contribution in [0.3, 0.4) is 0 Å². The highest BCUT2D eigenvalue weighted by molar-refractivity contribution is 7.92. The van der Waals surface area contributed by atoms with Crippen molar-refractivity contribution >= 4 is 33.3 Å². The number of alkyl halides is 3. The Balaban J connectivity index is 1.52. The highest BCUT2D eigenvalue weighted by Crippen LogP contribution is 2.35. The predicted molar refractivity (Wildman–Crippen MR) is 133 cm³/mol. The lowest BCUT2D eigenvalue weighted by molar-refractivity contribution is -0.139. The van der Waals surface area contributed by atoms with Gasteiger partial charge in [0.25, 0.3) is 0 Å². The summed E-state index contributed by atoms with van der Waals surface area (Å²) in [4.78, 5) is 15.8. The van der Waals surface area contributed by atoms with Crippen LogP contribution in [0.1, 0.15) is 43.7 Å². The van der Waals surface area contributed by atoms with E-state index >= 15 is 0 Å². The Bertz CT molecular complexity index is 1390. The first-order chi connectivity index (χ1) is 17.9. The van der Waals surface area contributed by atoms with Crippen LogP contribution in [0.2, 0.25) is 0 Å². The smallest absolute Gasteiger partial charge is 0.364 e. The van der Waals surface area contributed by atoms with Gasteiger partial charge in [-0.2, -0.15) is 18.2 Å². The maximum atomic E-state index is 13.6. The van der Waals surface area contributed by atoms with Gasteiger partial charge >= 0.3 is 6.18 Å². The van der Waals surface area contributed by atoms with Gasteiger partial charge in [0.1, 0.15) is 23.2 Å². The van der Waals surface area contributed by atoms with E-state index in [-0.39, 0.29) is 35.9 Å². The number of benzene rings is 1. The zero-order chi connectivity index (χ0) is 27.6. The van der Waals surface area contributed by atoms with Crippen LogP contribution in [0.4, 0.5) is 36.4 Å². The van der Waals surface area contributed by atoms with Crippen LogP contribution in [-0.2, 0) is 32.2 Å². The summed E-state index contributed by atoms with van der Waals surface area (Å²) in [6.07, 6.45) is -1.75. The molecule has 1 saturated heterocycles. The molecule has 38 heavy (non-hydrogen) atoms. The lowest BCUT2D eigenvalue weighted by Crippen LogP contribution is -2.19. The van der Waals surface area contributed by atoms with E-state index < -0.39 is 33.4 Å². The number of rotatable bonds is 9. The van der Waals surface area contributed by atoms with Crippen molar-refractivity contribution in [3.05, 3.63) is 59.7 Å². The number of hydrogen-bond acceptors (Lipinski definition) is 10. The number of hydrogen-bond donors (Lipinski definition) is 3. The fourth-order valence-corrected chi connectivity index (χ4v) is 4.12. The monoisotopic (exact) mass is 553 g/mol. The predicted octanol–water partition coefficient (Wildman–Crippen LogP) is 4.23. The van der Waals surface area contributed by atoms with Crippen molar-refractivity contribution in [2.45, 2.75) is 45.4 Å². The van der Waals surface area contributed by atoms with Crippen LogP contribution in [0.5, 0.6) is 0 Å². The molecule has 0 spiro atoms. The van der Waals surface area contributed by atoms with Gasteiger partial charge in [0.05, 0.1) is 18.9 Å². The van der Waals surface area contributed by atoms with Crippen LogP contribution < -0.4 is 15.4 Å². The molecule has 0 amide bonds. The van der Waals surface area contributed by atoms with Gasteiger partial charge in [-0.25, -0.2) is 18.4 Å². The molecule has 1 aliphatic heterocycles. The Morgan fingerprint density at radius 2 is 1.79 bits per heavy atom. The maximum Gasteiger partial charge on any atom is 0.421 e. The molecule has 0 aliphatic carbocycles. The summed E-state index contributed by atoms with van der Waals surface area (Å²) in [5.41, 5.74) is 0.416. The molecule has 204 valence electrons. The van der Waals surface area contributed by atoms with Crippen molar-refractivity contribution in [2.24, 2.45) is 0 Å². The first kappa shape index (κ1) is 27.5. The largest absolute Gasteiger partial charge is 0.421 e. The minimum atomic E-state index is -4.74. The highest BCUT2D eigenvalue weighted by Gasteiger charge is 2.36.